The van der Waals surface area contributed by atoms with Gasteiger partial charge in [0.25, 0.3) is 5.91 Å². The molecule has 0 fully saturated rings. The van der Waals surface area contributed by atoms with Crippen molar-refractivity contribution >= 4 is 27.8 Å². The number of nitrogens with one attached hydrogen (secondary N) is 1. The average Bonchev–Trinajstić information content (AvgIpc) is 3.20. The summed E-state index contributed by atoms with van der Waals surface area (Å²) in [5.41, 5.74) is 2.68. The lowest BCUT2D eigenvalue weighted by Gasteiger charge is -2.18. The van der Waals surface area contributed by atoms with E-state index >= 15 is 0 Å². The van der Waals surface area contributed by atoms with Gasteiger partial charge in [-0.2, -0.15) is 13.2 Å². The topological polar surface area (TPSA) is 82.5 Å². The number of carbonyl (C=O) groups excluding carboxylic acids is 1. The van der Waals surface area contributed by atoms with Gasteiger partial charge in [-0.05, 0) is 47.0 Å². The van der Waals surface area contributed by atoms with Gasteiger partial charge in [0.1, 0.15) is 0 Å². The number of hydrogen-bond acceptors (Lipinski definition) is 4. The highest BCUT2D eigenvalue weighted by Crippen LogP contribution is 2.30. The molecule has 2 aromatic carbocycles. The molecular weight excluding hydrogens is 527 g/mol. The lowest BCUT2D eigenvalue weighted by atomic mass is 10.0. The average molecular weight is 548 g/mol. The molecule has 10 heteroatoms. The first-order chi connectivity index (χ1) is 16.6. The van der Waals surface area contributed by atoms with Gasteiger partial charge < -0.3 is 10.4 Å². The van der Waals surface area contributed by atoms with E-state index in [0.29, 0.717) is 30.8 Å². The van der Waals surface area contributed by atoms with E-state index in [0.717, 1.165) is 33.4 Å². The predicted molar refractivity (Wildman–Crippen MR) is 125 cm³/mol. The molecule has 2 N–H and O–H groups in total. The maximum Gasteiger partial charge on any atom is 0.416 e. The van der Waals surface area contributed by atoms with Crippen molar-refractivity contribution in [3.05, 3.63) is 98.8 Å². The summed E-state index contributed by atoms with van der Waals surface area (Å²) in [5, 5.41) is 12.1. The van der Waals surface area contributed by atoms with Crippen LogP contribution in [-0.2, 0) is 30.6 Å². The van der Waals surface area contributed by atoms with Crippen molar-refractivity contribution in [1.82, 2.24) is 15.2 Å². The van der Waals surface area contributed by atoms with Crippen molar-refractivity contribution in [2.75, 3.05) is 0 Å². The number of alkyl halides is 3. The molecule has 1 aromatic heterocycles. The minimum Gasteiger partial charge on any atom is -0.481 e. The van der Waals surface area contributed by atoms with E-state index in [2.05, 4.69) is 26.2 Å². The molecule has 1 unspecified atom stereocenters. The number of amides is 1. The van der Waals surface area contributed by atoms with Gasteiger partial charge in [0.2, 0.25) is 0 Å². The predicted octanol–water partition coefficient (Wildman–Crippen LogP) is 5.32. The summed E-state index contributed by atoms with van der Waals surface area (Å²) in [6.45, 7) is 1.45. The molecule has 0 aliphatic carbocycles. The zero-order valence-corrected chi connectivity index (χ0v) is 19.9. The molecule has 3 aromatic rings. The zero-order chi connectivity index (χ0) is 25.2. The first-order valence-corrected chi connectivity index (χ1v) is 11.5. The molecule has 0 saturated carbocycles. The smallest absolute Gasteiger partial charge is 0.416 e. The molecule has 4 rings (SSSR count). The summed E-state index contributed by atoms with van der Waals surface area (Å²) in [6.07, 6.45) is -3.19. The van der Waals surface area contributed by atoms with E-state index in [1.54, 1.807) is 30.3 Å². The number of nitrogens with zero attached hydrogens (tertiary/aromatic N) is 2. The molecule has 0 saturated heterocycles. The molecule has 6 nitrogen and oxygen atoms in total. The fourth-order valence-corrected chi connectivity index (χ4v) is 4.25. The Labute approximate surface area is 207 Å². The van der Waals surface area contributed by atoms with E-state index < -0.39 is 29.7 Å². The van der Waals surface area contributed by atoms with Crippen LogP contribution in [0.1, 0.15) is 50.8 Å². The summed E-state index contributed by atoms with van der Waals surface area (Å²) in [6, 6.07) is 13.1. The minimum atomic E-state index is -4.37. The highest BCUT2D eigenvalue weighted by atomic mass is 79.9. The number of fused-ring (bicyclic) bond motifs is 1. The Morgan fingerprint density at radius 2 is 1.77 bits per heavy atom. The third-order valence-electron chi connectivity index (χ3n) is 5.73. The summed E-state index contributed by atoms with van der Waals surface area (Å²) < 4.78 is 39.2. The molecule has 1 atom stereocenters. The minimum absolute atomic E-state index is 0.271. The van der Waals surface area contributed by atoms with Gasteiger partial charge in [0.15, 0.2) is 0 Å². The highest BCUT2D eigenvalue weighted by molar-refractivity contribution is 9.10. The molecular formula is C25H21BrF3N3O3. The summed E-state index contributed by atoms with van der Waals surface area (Å²) in [4.78, 5) is 30.7. The number of carbonyl (C=O) groups is 2. The van der Waals surface area contributed by atoms with Crippen LogP contribution in [0.15, 0.2) is 65.3 Å². The summed E-state index contributed by atoms with van der Waals surface area (Å²) in [5.74, 6) is -1.47. The maximum atomic E-state index is 12.9. The van der Waals surface area contributed by atoms with Crippen molar-refractivity contribution in [3.63, 3.8) is 0 Å². The number of carboxylic acids is 1. The number of pyridine rings is 1. The Morgan fingerprint density at radius 1 is 1.09 bits per heavy atom. The number of rotatable bonds is 7. The Kier molecular flexibility index (Phi) is 7.23. The molecule has 1 amide bonds. The molecule has 0 radical (unpaired) electrons. The molecule has 1 aliphatic heterocycles. The second kappa shape index (κ2) is 10.2. The van der Waals surface area contributed by atoms with Crippen molar-refractivity contribution in [3.8, 4) is 0 Å². The highest BCUT2D eigenvalue weighted by Gasteiger charge is 2.30. The molecule has 182 valence electrons. The number of hydrogen-bond donors (Lipinski definition) is 2. The Morgan fingerprint density at radius 3 is 2.40 bits per heavy atom. The van der Waals surface area contributed by atoms with Crippen LogP contribution in [0.4, 0.5) is 13.2 Å². The van der Waals surface area contributed by atoms with Crippen LogP contribution in [0.3, 0.4) is 0 Å². The van der Waals surface area contributed by atoms with Crippen LogP contribution in [-0.4, -0.2) is 26.9 Å². The van der Waals surface area contributed by atoms with E-state index in [1.807, 2.05) is 4.90 Å². The van der Waals surface area contributed by atoms with Crippen molar-refractivity contribution < 1.29 is 27.9 Å². The number of aromatic nitrogens is 1. The number of aliphatic carboxylic acids is 1. The molecule has 0 bridgehead atoms. The fourth-order valence-electron chi connectivity index (χ4n) is 3.98. The quantitative estimate of drug-likeness (QED) is 0.418. The third kappa shape index (κ3) is 6.26. The Bertz CT molecular complexity index is 1230. The third-order valence-corrected chi connectivity index (χ3v) is 6.26. The number of halogens is 4. The van der Waals surface area contributed by atoms with E-state index in [4.69, 9.17) is 0 Å². The lowest BCUT2D eigenvalue weighted by molar-refractivity contribution is -0.138. The van der Waals surface area contributed by atoms with Gasteiger partial charge in [0.05, 0.1) is 29.3 Å². The van der Waals surface area contributed by atoms with Gasteiger partial charge in [-0.25, -0.2) is 0 Å². The van der Waals surface area contributed by atoms with Gasteiger partial charge in [0, 0.05) is 30.3 Å². The van der Waals surface area contributed by atoms with Gasteiger partial charge >= 0.3 is 12.1 Å². The molecule has 1 aliphatic rings. The largest absolute Gasteiger partial charge is 0.481 e. The van der Waals surface area contributed by atoms with Crippen molar-refractivity contribution in [1.29, 1.82) is 0 Å². The van der Waals surface area contributed by atoms with Crippen LogP contribution >= 0.6 is 15.9 Å². The Hall–Kier alpha value is -3.24. The van der Waals surface area contributed by atoms with Crippen molar-refractivity contribution in [2.24, 2.45) is 0 Å². The standard InChI is InChI=1S/C25H21BrF3N3O3/c26-20-7-3-16(4-8-20)21(10-23(33)34)31-24(35)17-9-18-13-32(14-22(18)30-11-17)12-15-1-5-19(6-2-15)25(27,28)29/h1-9,11,21H,10,12-14H2,(H,31,35)(H,33,34). The fraction of sp³-hybridized carbons (Fsp3) is 0.240. The number of benzene rings is 2. The SMILES string of the molecule is O=C(O)CC(NC(=O)c1cnc2c(c1)CN(Cc1ccc(C(F)(F)F)cc1)C2)c1ccc(Br)cc1. The van der Waals surface area contributed by atoms with Crippen LogP contribution < -0.4 is 5.32 Å². The first-order valence-electron chi connectivity index (χ1n) is 10.7. The summed E-state index contributed by atoms with van der Waals surface area (Å²) >= 11 is 3.34. The Balaban J connectivity index is 1.43. The molecule has 2 heterocycles. The van der Waals surface area contributed by atoms with E-state index in [1.165, 1.54) is 18.3 Å². The first kappa shape index (κ1) is 24.9. The second-order valence-electron chi connectivity index (χ2n) is 8.35. The van der Waals surface area contributed by atoms with Gasteiger partial charge in [-0.15, -0.1) is 0 Å². The van der Waals surface area contributed by atoms with E-state index in [9.17, 15) is 27.9 Å². The van der Waals surface area contributed by atoms with E-state index in [-0.39, 0.29) is 6.42 Å². The monoisotopic (exact) mass is 547 g/mol. The van der Waals surface area contributed by atoms with Crippen LogP contribution in [0.5, 0.6) is 0 Å². The lowest BCUT2D eigenvalue weighted by Crippen LogP contribution is -2.30. The van der Waals surface area contributed by atoms with Crippen molar-refractivity contribution in [2.45, 2.75) is 38.3 Å². The van der Waals surface area contributed by atoms with Gasteiger partial charge in [-0.1, -0.05) is 40.2 Å². The second-order valence-corrected chi connectivity index (χ2v) is 9.26. The maximum absolute atomic E-state index is 12.9. The van der Waals surface area contributed by atoms with Gasteiger partial charge in [-0.3, -0.25) is 19.5 Å². The normalized spacial score (nSPS) is 14.4. The molecule has 0 spiro atoms. The zero-order valence-electron chi connectivity index (χ0n) is 18.3. The summed E-state index contributed by atoms with van der Waals surface area (Å²) in [7, 11) is 0. The molecule has 35 heavy (non-hydrogen) atoms. The van der Waals surface area contributed by atoms with Crippen LogP contribution in [0.2, 0.25) is 0 Å². The number of carboxylic acid groups (broad SMARTS) is 1. The van der Waals surface area contributed by atoms with Crippen LogP contribution in [0.25, 0.3) is 0 Å². The van der Waals surface area contributed by atoms with Crippen LogP contribution in [0, 0.1) is 0 Å².